The van der Waals surface area contributed by atoms with E-state index < -0.39 is 0 Å². The van der Waals surface area contributed by atoms with Crippen molar-refractivity contribution in [2.75, 3.05) is 0 Å². The Balaban J connectivity index is 1.45. The van der Waals surface area contributed by atoms with Crippen molar-refractivity contribution >= 4 is 74.8 Å². The van der Waals surface area contributed by atoms with Gasteiger partial charge >= 0.3 is 0 Å². The first kappa shape index (κ1) is 25.6. The summed E-state index contributed by atoms with van der Waals surface area (Å²) in [5.41, 5.74) is 6.89. The van der Waals surface area contributed by atoms with Crippen LogP contribution in [0.5, 0.6) is 0 Å². The van der Waals surface area contributed by atoms with Gasteiger partial charge in [0.15, 0.2) is 0 Å². The SMILES string of the molecule is c1ccc(-c2oc3ccc4sc5ccccc5c4c3c2-c2c3ccccc3c(-c3cccc4ccccc34)c3ccccc23)cc1. The lowest BCUT2D eigenvalue weighted by molar-refractivity contribution is 0.633. The van der Waals surface area contributed by atoms with Crippen LogP contribution >= 0.6 is 11.3 Å². The number of hydrogen-bond donors (Lipinski definition) is 0. The predicted molar refractivity (Wildman–Crippen MR) is 198 cm³/mol. The molecule has 0 bridgehead atoms. The van der Waals surface area contributed by atoms with Crippen molar-refractivity contribution in [2.24, 2.45) is 0 Å². The monoisotopic (exact) mass is 602 g/mol. The topological polar surface area (TPSA) is 13.1 Å². The number of benzene rings is 8. The summed E-state index contributed by atoms with van der Waals surface area (Å²) in [6, 6.07) is 57.0. The molecule has 0 fully saturated rings. The van der Waals surface area contributed by atoms with Crippen molar-refractivity contribution < 1.29 is 4.42 Å². The van der Waals surface area contributed by atoms with E-state index in [-0.39, 0.29) is 0 Å². The summed E-state index contributed by atoms with van der Waals surface area (Å²) in [7, 11) is 0. The Morgan fingerprint density at radius 2 is 0.957 bits per heavy atom. The van der Waals surface area contributed by atoms with Gasteiger partial charge in [-0.3, -0.25) is 0 Å². The van der Waals surface area contributed by atoms with Crippen LogP contribution in [0.1, 0.15) is 0 Å². The Morgan fingerprint density at radius 1 is 0.370 bits per heavy atom. The summed E-state index contributed by atoms with van der Waals surface area (Å²) in [5, 5.41) is 11.2. The van der Waals surface area contributed by atoms with Gasteiger partial charge in [0.1, 0.15) is 11.3 Å². The largest absolute Gasteiger partial charge is 0.455 e. The molecule has 8 aromatic carbocycles. The highest BCUT2D eigenvalue weighted by molar-refractivity contribution is 7.26. The van der Waals surface area contributed by atoms with Gasteiger partial charge in [0, 0.05) is 42.2 Å². The summed E-state index contributed by atoms with van der Waals surface area (Å²) in [5.74, 6) is 0.909. The second kappa shape index (κ2) is 9.90. The Labute approximate surface area is 269 Å². The maximum Gasteiger partial charge on any atom is 0.143 e. The predicted octanol–water partition coefficient (Wildman–Crippen LogP) is 13.3. The van der Waals surface area contributed by atoms with Gasteiger partial charge in [0.25, 0.3) is 0 Å². The average molecular weight is 603 g/mol. The maximum absolute atomic E-state index is 6.94. The standard InChI is InChI=1S/C44H26OS/c1-2-14-28(15-3-1)44-43(42-36(45-44)25-26-38-41(42)35-22-10-11-24-37(35)46-38)40-33-20-8-6-18-31(33)39(32-19-7-9-21-34(32)40)30-23-12-16-27-13-4-5-17-29(27)30/h1-26H. The van der Waals surface area contributed by atoms with E-state index in [2.05, 4.69) is 158 Å². The van der Waals surface area contributed by atoms with E-state index in [1.807, 2.05) is 11.3 Å². The molecule has 0 N–H and O–H groups in total. The molecule has 2 heterocycles. The first-order valence-electron chi connectivity index (χ1n) is 15.7. The third-order valence-corrected chi connectivity index (χ3v) is 10.6. The van der Waals surface area contributed by atoms with Gasteiger partial charge in [-0.1, -0.05) is 140 Å². The molecule has 0 atom stereocenters. The van der Waals surface area contributed by atoms with Gasteiger partial charge < -0.3 is 4.42 Å². The van der Waals surface area contributed by atoms with Crippen LogP contribution in [-0.4, -0.2) is 0 Å². The lowest BCUT2D eigenvalue weighted by Crippen LogP contribution is -1.92. The lowest BCUT2D eigenvalue weighted by atomic mass is 9.83. The third-order valence-electron chi connectivity index (χ3n) is 9.47. The van der Waals surface area contributed by atoms with Crippen molar-refractivity contribution in [3.05, 3.63) is 158 Å². The molecule has 0 radical (unpaired) electrons. The van der Waals surface area contributed by atoms with Gasteiger partial charge in [-0.15, -0.1) is 11.3 Å². The Bertz CT molecular complexity index is 2740. The van der Waals surface area contributed by atoms with Crippen molar-refractivity contribution in [1.29, 1.82) is 0 Å². The second-order valence-corrected chi connectivity index (χ2v) is 13.0. The molecule has 214 valence electrons. The van der Waals surface area contributed by atoms with Crippen molar-refractivity contribution in [2.45, 2.75) is 0 Å². The highest BCUT2D eigenvalue weighted by Crippen LogP contribution is 2.52. The Morgan fingerprint density at radius 3 is 1.70 bits per heavy atom. The van der Waals surface area contributed by atoms with E-state index in [1.54, 1.807) is 0 Å². The summed E-state index contributed by atoms with van der Waals surface area (Å²) in [4.78, 5) is 0. The first-order chi connectivity index (χ1) is 22.8. The van der Waals surface area contributed by atoms with Crippen LogP contribution in [0.2, 0.25) is 0 Å². The number of thiophene rings is 1. The van der Waals surface area contributed by atoms with Gasteiger partial charge in [-0.25, -0.2) is 0 Å². The normalized spacial score (nSPS) is 11.9. The molecule has 1 nitrogen and oxygen atoms in total. The van der Waals surface area contributed by atoms with E-state index in [4.69, 9.17) is 4.42 Å². The van der Waals surface area contributed by atoms with E-state index in [1.165, 1.54) is 74.6 Å². The molecule has 10 aromatic rings. The van der Waals surface area contributed by atoms with Crippen LogP contribution in [-0.2, 0) is 0 Å². The van der Waals surface area contributed by atoms with Gasteiger partial charge in [0.2, 0.25) is 0 Å². The van der Waals surface area contributed by atoms with Crippen LogP contribution in [0.3, 0.4) is 0 Å². The molecule has 0 spiro atoms. The smallest absolute Gasteiger partial charge is 0.143 e. The molecule has 0 saturated carbocycles. The van der Waals surface area contributed by atoms with Crippen LogP contribution in [0, 0.1) is 0 Å². The molecular weight excluding hydrogens is 577 g/mol. The maximum atomic E-state index is 6.94. The highest BCUT2D eigenvalue weighted by Gasteiger charge is 2.26. The van der Waals surface area contributed by atoms with Gasteiger partial charge in [-0.05, 0) is 61.6 Å². The zero-order valence-corrected chi connectivity index (χ0v) is 25.6. The molecule has 10 rings (SSSR count). The highest BCUT2D eigenvalue weighted by atomic mass is 32.1. The van der Waals surface area contributed by atoms with Crippen LogP contribution < -0.4 is 0 Å². The molecule has 0 aliphatic rings. The van der Waals surface area contributed by atoms with Crippen LogP contribution in [0.15, 0.2) is 162 Å². The fourth-order valence-corrected chi connectivity index (χ4v) is 8.68. The summed E-state index contributed by atoms with van der Waals surface area (Å²) in [6.45, 7) is 0. The zero-order valence-electron chi connectivity index (χ0n) is 24.8. The van der Waals surface area contributed by atoms with Crippen LogP contribution in [0.4, 0.5) is 0 Å². The minimum atomic E-state index is 0.909. The minimum Gasteiger partial charge on any atom is -0.455 e. The molecular formula is C44H26OS. The summed E-state index contributed by atoms with van der Waals surface area (Å²) < 4.78 is 9.51. The third kappa shape index (κ3) is 3.62. The van der Waals surface area contributed by atoms with Gasteiger partial charge in [0.05, 0.1) is 0 Å². The molecule has 46 heavy (non-hydrogen) atoms. The van der Waals surface area contributed by atoms with Crippen molar-refractivity contribution in [1.82, 2.24) is 0 Å². The number of furan rings is 1. The van der Waals surface area contributed by atoms with E-state index in [9.17, 15) is 0 Å². The van der Waals surface area contributed by atoms with Crippen LogP contribution in [0.25, 0.3) is 97.0 Å². The number of rotatable bonds is 3. The molecule has 2 heteroatoms. The zero-order chi connectivity index (χ0) is 30.2. The van der Waals surface area contributed by atoms with E-state index >= 15 is 0 Å². The molecule has 0 unspecified atom stereocenters. The minimum absolute atomic E-state index is 0.909. The Hall–Kier alpha value is -5.70. The Kier molecular flexibility index (Phi) is 5.51. The number of fused-ring (bicyclic) bond motifs is 8. The molecule has 0 saturated heterocycles. The fourth-order valence-electron chi connectivity index (χ4n) is 7.57. The van der Waals surface area contributed by atoms with E-state index in [0.717, 1.165) is 22.5 Å². The molecule has 0 aliphatic heterocycles. The summed E-state index contributed by atoms with van der Waals surface area (Å²) in [6.07, 6.45) is 0. The quantitative estimate of drug-likeness (QED) is 0.183. The van der Waals surface area contributed by atoms with Crippen molar-refractivity contribution in [3.8, 4) is 33.6 Å². The molecule has 0 amide bonds. The average Bonchev–Trinajstić information content (AvgIpc) is 3.69. The van der Waals surface area contributed by atoms with E-state index in [0.29, 0.717) is 0 Å². The summed E-state index contributed by atoms with van der Waals surface area (Å²) >= 11 is 1.85. The molecule has 2 aromatic heterocycles. The first-order valence-corrected chi connectivity index (χ1v) is 16.5. The fraction of sp³-hybridized carbons (Fsp3) is 0. The molecule has 0 aliphatic carbocycles. The number of hydrogen-bond acceptors (Lipinski definition) is 2. The van der Waals surface area contributed by atoms with Gasteiger partial charge in [-0.2, -0.15) is 0 Å². The second-order valence-electron chi connectivity index (χ2n) is 12.0. The van der Waals surface area contributed by atoms with Crippen molar-refractivity contribution in [3.63, 3.8) is 0 Å². The lowest BCUT2D eigenvalue weighted by Gasteiger charge is -2.19.